The van der Waals surface area contributed by atoms with Crippen LogP contribution in [0.25, 0.3) is 0 Å². The van der Waals surface area contributed by atoms with Gasteiger partial charge < -0.3 is 22.8 Å². The summed E-state index contributed by atoms with van der Waals surface area (Å²) in [5.74, 6) is -0.248. The lowest BCUT2D eigenvalue weighted by atomic mass is 10.0. The molecule has 9 heteroatoms. The van der Waals surface area contributed by atoms with Gasteiger partial charge in [0, 0.05) is 13.5 Å². The number of ether oxygens (including phenoxy) is 2. The molecule has 0 spiro atoms. The van der Waals surface area contributed by atoms with Crippen molar-refractivity contribution in [3.05, 3.63) is 0 Å². The van der Waals surface area contributed by atoms with Crippen LogP contribution in [0.2, 0.25) is 54.4 Å². The zero-order valence-electron chi connectivity index (χ0n) is 26.8. The quantitative estimate of drug-likeness (QED) is 0.168. The third kappa shape index (κ3) is 10.3. The highest BCUT2D eigenvalue weighted by atomic mass is 28.4. The van der Waals surface area contributed by atoms with E-state index in [1.165, 1.54) is 7.11 Å². The molecule has 216 valence electrons. The second kappa shape index (κ2) is 12.9. The van der Waals surface area contributed by atoms with Crippen LogP contribution in [0.15, 0.2) is 0 Å². The van der Waals surface area contributed by atoms with Crippen molar-refractivity contribution in [1.29, 1.82) is 0 Å². The molecule has 0 radical (unpaired) electrons. The van der Waals surface area contributed by atoms with E-state index in [9.17, 15) is 4.79 Å². The van der Waals surface area contributed by atoms with Gasteiger partial charge in [0.25, 0.3) is 0 Å². The average molecular weight is 565 g/mol. The Hall–Kier alpha value is -0.0394. The van der Waals surface area contributed by atoms with Crippen molar-refractivity contribution in [1.82, 2.24) is 0 Å². The lowest BCUT2D eigenvalue weighted by molar-refractivity contribution is -0.142. The predicted octanol–water partition coefficient (Wildman–Crippen LogP) is 7.76. The summed E-state index contributed by atoms with van der Waals surface area (Å²) >= 11 is 0. The van der Waals surface area contributed by atoms with Crippen LogP contribution in [0.3, 0.4) is 0 Å². The third-order valence-electron chi connectivity index (χ3n) is 8.80. The molecule has 0 aromatic rings. The molecule has 0 saturated heterocycles. The molecule has 0 fully saturated rings. The molecule has 0 aromatic heterocycles. The maximum Gasteiger partial charge on any atom is 0.305 e. The molecule has 0 aliphatic carbocycles. The van der Waals surface area contributed by atoms with E-state index < -0.39 is 25.0 Å². The van der Waals surface area contributed by atoms with Crippen LogP contribution in [0.1, 0.15) is 75.2 Å². The summed E-state index contributed by atoms with van der Waals surface area (Å²) in [6.07, 6.45) is -0.227. The second-order valence-corrected chi connectivity index (χ2v) is 29.0. The van der Waals surface area contributed by atoms with Crippen molar-refractivity contribution >= 4 is 30.9 Å². The van der Waals surface area contributed by atoms with E-state index in [-0.39, 0.29) is 45.8 Å². The number of rotatable bonds is 13. The number of carbonyl (C=O) groups is 1. The molecule has 0 unspecified atom stereocenters. The van der Waals surface area contributed by atoms with Crippen LogP contribution >= 0.6 is 0 Å². The summed E-state index contributed by atoms with van der Waals surface area (Å²) in [5, 5.41) is 0.113. The zero-order valence-corrected chi connectivity index (χ0v) is 29.8. The molecule has 0 saturated carbocycles. The van der Waals surface area contributed by atoms with E-state index in [1.807, 2.05) is 0 Å². The largest absolute Gasteiger partial charge is 0.469 e. The Labute approximate surface area is 226 Å². The molecule has 0 aromatic carbocycles. The van der Waals surface area contributed by atoms with E-state index >= 15 is 0 Å². The summed E-state index contributed by atoms with van der Waals surface area (Å²) in [6.45, 7) is 34.2. The van der Waals surface area contributed by atoms with Crippen LogP contribution in [-0.4, -0.2) is 70.1 Å². The monoisotopic (exact) mass is 564 g/mol. The Bertz CT molecular complexity index is 687. The first kappa shape index (κ1) is 36.0. The van der Waals surface area contributed by atoms with Gasteiger partial charge in [-0.15, -0.1) is 0 Å². The third-order valence-corrected chi connectivity index (χ3v) is 22.3. The van der Waals surface area contributed by atoms with Gasteiger partial charge in [-0.3, -0.25) is 4.79 Å². The summed E-state index contributed by atoms with van der Waals surface area (Å²) in [4.78, 5) is 12.0. The number of esters is 1. The number of carbonyl (C=O) groups excluding carboxylic acids is 1. The molecule has 3 atom stereocenters. The molecule has 6 nitrogen and oxygen atoms in total. The summed E-state index contributed by atoms with van der Waals surface area (Å²) in [6, 6.07) is 0. The second-order valence-electron chi connectivity index (χ2n) is 14.7. The topological polar surface area (TPSA) is 63.2 Å². The maximum atomic E-state index is 12.0. The van der Waals surface area contributed by atoms with Gasteiger partial charge in [0.1, 0.15) is 0 Å². The Kier molecular flexibility index (Phi) is 12.9. The number of hydrogen-bond donors (Lipinski definition) is 0. The number of hydrogen-bond acceptors (Lipinski definition) is 6. The van der Waals surface area contributed by atoms with Crippen LogP contribution in [-0.2, 0) is 27.5 Å². The molecule has 0 amide bonds. The Balaban J connectivity index is 6.59. The zero-order chi connectivity index (χ0) is 29.0. The molecule has 0 bridgehead atoms. The van der Waals surface area contributed by atoms with Crippen molar-refractivity contribution in [3.63, 3.8) is 0 Å². The van der Waals surface area contributed by atoms with Gasteiger partial charge in [-0.05, 0) is 60.8 Å². The van der Waals surface area contributed by atoms with E-state index in [0.717, 1.165) is 0 Å². The Morgan fingerprint density at radius 1 is 0.667 bits per heavy atom. The van der Waals surface area contributed by atoms with Crippen molar-refractivity contribution in [2.75, 3.05) is 20.8 Å². The van der Waals surface area contributed by atoms with E-state index in [1.54, 1.807) is 7.11 Å². The van der Waals surface area contributed by atoms with Gasteiger partial charge in [0.05, 0.1) is 32.0 Å². The van der Waals surface area contributed by atoms with Gasteiger partial charge in [-0.25, -0.2) is 0 Å². The highest BCUT2D eigenvalue weighted by Gasteiger charge is 2.48. The van der Waals surface area contributed by atoms with Crippen LogP contribution in [0, 0.1) is 0 Å². The Morgan fingerprint density at radius 3 is 1.44 bits per heavy atom. The fourth-order valence-electron chi connectivity index (χ4n) is 2.94. The van der Waals surface area contributed by atoms with Crippen LogP contribution in [0.5, 0.6) is 0 Å². The normalized spacial score (nSPS) is 17.0. The summed E-state index contributed by atoms with van der Waals surface area (Å²) < 4.78 is 31.9. The number of methoxy groups -OCH3 is 2. The first-order chi connectivity index (χ1) is 15.8. The van der Waals surface area contributed by atoms with E-state index in [0.29, 0.717) is 13.0 Å². The standard InChI is InChI=1S/C27H60O6Si3/c1-25(2,3)34(12,13)31-20-22(32-35(14,15)26(4,5)6)24(33-36(16,17)27(7,8)9)21(29-10)18-19-23(28)30-11/h21-22,24H,18-20H2,1-17H3/t21-,22-,24-/m0/s1. The maximum absolute atomic E-state index is 12.0. The molecule has 0 heterocycles. The highest BCUT2D eigenvalue weighted by molar-refractivity contribution is 6.75. The summed E-state index contributed by atoms with van der Waals surface area (Å²) in [7, 11) is -3.32. The molecule has 36 heavy (non-hydrogen) atoms. The van der Waals surface area contributed by atoms with Gasteiger partial charge in [0.15, 0.2) is 25.0 Å². The van der Waals surface area contributed by atoms with Crippen molar-refractivity contribution < 1.29 is 27.5 Å². The molecule has 0 aliphatic heterocycles. The predicted molar refractivity (Wildman–Crippen MR) is 159 cm³/mol. The fraction of sp³-hybridized carbons (Fsp3) is 0.963. The smallest absolute Gasteiger partial charge is 0.305 e. The minimum Gasteiger partial charge on any atom is -0.469 e. The van der Waals surface area contributed by atoms with Crippen molar-refractivity contribution in [2.24, 2.45) is 0 Å². The SMILES string of the molecule is COC(=O)CC[C@H](OC)[C@H](O[Si](C)(C)C(C)(C)C)[C@H](CO[Si](C)(C)C(C)(C)C)O[Si](C)(C)C(C)(C)C. The Morgan fingerprint density at radius 2 is 1.08 bits per heavy atom. The van der Waals surface area contributed by atoms with E-state index in [2.05, 4.69) is 102 Å². The fourth-order valence-corrected chi connectivity index (χ4v) is 6.61. The van der Waals surface area contributed by atoms with Gasteiger partial charge in [0.2, 0.25) is 0 Å². The van der Waals surface area contributed by atoms with Crippen molar-refractivity contribution in [2.45, 2.75) is 148 Å². The lowest BCUT2D eigenvalue weighted by Gasteiger charge is -2.47. The van der Waals surface area contributed by atoms with Gasteiger partial charge in [-0.2, -0.15) is 0 Å². The minimum absolute atomic E-state index is 0.00764. The van der Waals surface area contributed by atoms with Gasteiger partial charge >= 0.3 is 5.97 Å². The van der Waals surface area contributed by atoms with E-state index in [4.69, 9.17) is 22.8 Å². The first-order valence-electron chi connectivity index (χ1n) is 13.4. The molecule has 0 aliphatic rings. The molecule has 0 rings (SSSR count). The summed E-state index contributed by atoms with van der Waals surface area (Å²) in [5.41, 5.74) is 0. The molecular formula is C27H60O6Si3. The molecule has 0 N–H and O–H groups in total. The van der Waals surface area contributed by atoms with Gasteiger partial charge in [-0.1, -0.05) is 62.3 Å². The van der Waals surface area contributed by atoms with Crippen LogP contribution < -0.4 is 0 Å². The molecular weight excluding hydrogens is 505 g/mol. The highest BCUT2D eigenvalue weighted by Crippen LogP contribution is 2.42. The van der Waals surface area contributed by atoms with Crippen molar-refractivity contribution in [3.8, 4) is 0 Å². The lowest BCUT2D eigenvalue weighted by Crippen LogP contribution is -2.58. The first-order valence-corrected chi connectivity index (χ1v) is 22.1. The van der Waals surface area contributed by atoms with Crippen LogP contribution in [0.4, 0.5) is 0 Å². The minimum atomic E-state index is -2.21. The average Bonchev–Trinajstić information content (AvgIpc) is 2.67.